The van der Waals surface area contributed by atoms with Crippen LogP contribution < -0.4 is 10.1 Å². The third kappa shape index (κ3) is 5.34. The van der Waals surface area contributed by atoms with Crippen LogP contribution in [0.4, 0.5) is 0 Å². The molecule has 3 aliphatic rings. The van der Waals surface area contributed by atoms with Gasteiger partial charge in [0.15, 0.2) is 0 Å². The van der Waals surface area contributed by atoms with Gasteiger partial charge in [-0.2, -0.15) is 0 Å². The van der Waals surface area contributed by atoms with Crippen molar-refractivity contribution in [1.82, 2.24) is 15.1 Å². The highest BCUT2D eigenvalue weighted by Crippen LogP contribution is 2.28. The number of ether oxygens (including phenoxy) is 1. The standard InChI is InChI=1S/C24H35N3O3/c1-18-9-11-19(12-10-18)25-23(28)17-26-13-15-27(16-14-26)24(29)21-7-2-3-8-22(21)30-20-5-4-6-20/h2-3,7-8,18-20H,4-6,9-17H2,1H3,(H,25,28). The molecular formula is C24H35N3O3. The van der Waals surface area contributed by atoms with Gasteiger partial charge in [-0.15, -0.1) is 0 Å². The maximum atomic E-state index is 13.1. The highest BCUT2D eigenvalue weighted by molar-refractivity contribution is 5.97. The zero-order valence-electron chi connectivity index (χ0n) is 18.1. The topological polar surface area (TPSA) is 61.9 Å². The Bertz CT molecular complexity index is 733. The first-order valence-electron chi connectivity index (χ1n) is 11.6. The first-order valence-corrected chi connectivity index (χ1v) is 11.6. The van der Waals surface area contributed by atoms with Crippen LogP contribution in [-0.4, -0.2) is 66.5 Å². The van der Waals surface area contributed by atoms with Gasteiger partial charge in [0.25, 0.3) is 5.91 Å². The van der Waals surface area contributed by atoms with Crippen LogP contribution in [0.5, 0.6) is 5.75 Å². The van der Waals surface area contributed by atoms with Crippen LogP contribution in [0.1, 0.15) is 62.2 Å². The van der Waals surface area contributed by atoms with Gasteiger partial charge in [-0.1, -0.05) is 19.1 Å². The summed E-state index contributed by atoms with van der Waals surface area (Å²) in [5.74, 6) is 1.64. The van der Waals surface area contributed by atoms with Crippen molar-refractivity contribution < 1.29 is 14.3 Å². The fraction of sp³-hybridized carbons (Fsp3) is 0.667. The molecule has 2 amide bonds. The molecule has 0 bridgehead atoms. The van der Waals surface area contributed by atoms with Crippen molar-refractivity contribution in [3.8, 4) is 5.75 Å². The minimum atomic E-state index is 0.0327. The molecule has 2 aliphatic carbocycles. The van der Waals surface area contributed by atoms with Gasteiger partial charge in [-0.05, 0) is 63.0 Å². The van der Waals surface area contributed by atoms with Crippen LogP contribution in [0.25, 0.3) is 0 Å². The van der Waals surface area contributed by atoms with Gasteiger partial charge in [-0.25, -0.2) is 0 Å². The van der Waals surface area contributed by atoms with Crippen molar-refractivity contribution in [2.75, 3.05) is 32.7 Å². The number of hydrogen-bond donors (Lipinski definition) is 1. The summed E-state index contributed by atoms with van der Waals surface area (Å²) in [7, 11) is 0. The molecule has 0 spiro atoms. The summed E-state index contributed by atoms with van der Waals surface area (Å²) < 4.78 is 6.04. The molecule has 1 aromatic carbocycles. The Kier molecular flexibility index (Phi) is 6.93. The van der Waals surface area contributed by atoms with E-state index in [-0.39, 0.29) is 17.9 Å². The van der Waals surface area contributed by atoms with E-state index in [0.717, 1.165) is 44.7 Å². The molecule has 1 saturated heterocycles. The summed E-state index contributed by atoms with van der Waals surface area (Å²) in [5.41, 5.74) is 0.655. The number of carbonyl (C=O) groups is 2. The smallest absolute Gasteiger partial charge is 0.257 e. The Morgan fingerprint density at radius 2 is 1.70 bits per heavy atom. The highest BCUT2D eigenvalue weighted by atomic mass is 16.5. The van der Waals surface area contributed by atoms with E-state index in [1.807, 2.05) is 29.2 Å². The highest BCUT2D eigenvalue weighted by Gasteiger charge is 2.27. The molecule has 1 aromatic rings. The average molecular weight is 414 g/mol. The lowest BCUT2D eigenvalue weighted by Gasteiger charge is -2.35. The predicted octanol–water partition coefficient (Wildman–Crippen LogP) is 3.07. The van der Waals surface area contributed by atoms with Crippen LogP contribution in [0.15, 0.2) is 24.3 Å². The van der Waals surface area contributed by atoms with Crippen molar-refractivity contribution in [2.45, 2.75) is 64.0 Å². The van der Waals surface area contributed by atoms with Gasteiger partial charge >= 0.3 is 0 Å². The fourth-order valence-electron chi connectivity index (χ4n) is 4.57. The second-order valence-corrected chi connectivity index (χ2v) is 9.26. The summed E-state index contributed by atoms with van der Waals surface area (Å²) in [5, 5.41) is 3.21. The molecule has 1 heterocycles. The lowest BCUT2D eigenvalue weighted by Crippen LogP contribution is -2.52. The fourth-order valence-corrected chi connectivity index (χ4v) is 4.57. The number of carbonyl (C=O) groups excluding carboxylic acids is 2. The Morgan fingerprint density at radius 3 is 2.37 bits per heavy atom. The summed E-state index contributed by atoms with van der Waals surface area (Å²) in [6.07, 6.45) is 8.20. The minimum absolute atomic E-state index is 0.0327. The van der Waals surface area contributed by atoms with Crippen molar-refractivity contribution in [2.24, 2.45) is 5.92 Å². The van der Waals surface area contributed by atoms with Crippen LogP contribution >= 0.6 is 0 Å². The van der Waals surface area contributed by atoms with E-state index in [1.54, 1.807) is 0 Å². The molecule has 164 valence electrons. The SMILES string of the molecule is CC1CCC(NC(=O)CN2CCN(C(=O)c3ccccc3OC3CCC3)CC2)CC1. The van der Waals surface area contributed by atoms with Crippen molar-refractivity contribution in [1.29, 1.82) is 0 Å². The zero-order chi connectivity index (χ0) is 20.9. The van der Waals surface area contributed by atoms with Gasteiger partial charge < -0.3 is 15.0 Å². The normalized spacial score (nSPS) is 25.4. The van der Waals surface area contributed by atoms with Gasteiger partial charge in [0, 0.05) is 32.2 Å². The molecule has 4 rings (SSSR count). The van der Waals surface area contributed by atoms with Gasteiger partial charge in [0.05, 0.1) is 18.2 Å². The third-order valence-corrected chi connectivity index (χ3v) is 6.87. The van der Waals surface area contributed by atoms with E-state index in [4.69, 9.17) is 4.74 Å². The number of amides is 2. The van der Waals surface area contributed by atoms with Crippen LogP contribution in [-0.2, 0) is 4.79 Å². The Balaban J connectivity index is 1.24. The second kappa shape index (κ2) is 9.82. The number of benzene rings is 1. The van der Waals surface area contributed by atoms with E-state index in [2.05, 4.69) is 17.1 Å². The second-order valence-electron chi connectivity index (χ2n) is 9.26. The molecule has 2 saturated carbocycles. The Hall–Kier alpha value is -2.08. The molecule has 6 nitrogen and oxygen atoms in total. The molecule has 0 radical (unpaired) electrons. The maximum absolute atomic E-state index is 13.1. The van der Waals surface area contributed by atoms with E-state index in [1.165, 1.54) is 19.3 Å². The minimum Gasteiger partial charge on any atom is -0.490 e. The lowest BCUT2D eigenvalue weighted by atomic mass is 9.87. The number of hydrogen-bond acceptors (Lipinski definition) is 4. The summed E-state index contributed by atoms with van der Waals surface area (Å²) >= 11 is 0. The summed E-state index contributed by atoms with van der Waals surface area (Å²) in [6, 6.07) is 7.92. The molecule has 6 heteroatoms. The summed E-state index contributed by atoms with van der Waals surface area (Å²) in [4.78, 5) is 29.5. The van der Waals surface area contributed by atoms with E-state index in [0.29, 0.717) is 37.0 Å². The monoisotopic (exact) mass is 413 g/mol. The number of para-hydroxylation sites is 1. The Labute approximate surface area is 179 Å². The Morgan fingerprint density at radius 1 is 1.00 bits per heavy atom. The number of rotatable bonds is 6. The lowest BCUT2D eigenvalue weighted by molar-refractivity contribution is -0.123. The largest absolute Gasteiger partial charge is 0.490 e. The number of nitrogens with zero attached hydrogens (tertiary/aromatic N) is 2. The molecule has 3 fully saturated rings. The van der Waals surface area contributed by atoms with Gasteiger partial charge in [0.2, 0.25) is 5.91 Å². The van der Waals surface area contributed by atoms with Crippen LogP contribution in [0, 0.1) is 5.92 Å². The first-order chi connectivity index (χ1) is 14.6. The van der Waals surface area contributed by atoms with Crippen molar-refractivity contribution in [3.05, 3.63) is 29.8 Å². The zero-order valence-corrected chi connectivity index (χ0v) is 18.1. The summed E-state index contributed by atoms with van der Waals surface area (Å²) in [6.45, 7) is 5.46. The molecule has 1 aliphatic heterocycles. The van der Waals surface area contributed by atoms with E-state index < -0.39 is 0 Å². The molecule has 0 aromatic heterocycles. The van der Waals surface area contributed by atoms with E-state index in [9.17, 15) is 9.59 Å². The van der Waals surface area contributed by atoms with Crippen LogP contribution in [0.2, 0.25) is 0 Å². The molecule has 0 atom stereocenters. The van der Waals surface area contributed by atoms with Gasteiger partial charge in [-0.3, -0.25) is 14.5 Å². The first kappa shape index (κ1) is 21.2. The molecule has 1 N–H and O–H groups in total. The molecular weight excluding hydrogens is 378 g/mol. The van der Waals surface area contributed by atoms with Crippen molar-refractivity contribution >= 4 is 11.8 Å². The third-order valence-electron chi connectivity index (χ3n) is 6.87. The average Bonchev–Trinajstić information content (AvgIpc) is 2.73. The van der Waals surface area contributed by atoms with Gasteiger partial charge in [0.1, 0.15) is 5.75 Å². The maximum Gasteiger partial charge on any atom is 0.257 e. The predicted molar refractivity (Wildman–Crippen MR) is 117 cm³/mol. The van der Waals surface area contributed by atoms with Crippen LogP contribution in [0.3, 0.4) is 0 Å². The van der Waals surface area contributed by atoms with E-state index >= 15 is 0 Å². The van der Waals surface area contributed by atoms with Crippen molar-refractivity contribution in [3.63, 3.8) is 0 Å². The quantitative estimate of drug-likeness (QED) is 0.779. The number of piperazine rings is 1. The molecule has 30 heavy (non-hydrogen) atoms. The number of nitrogens with one attached hydrogen (secondary N) is 1. The molecule has 0 unspecified atom stereocenters.